The Morgan fingerprint density at radius 2 is 2.07 bits per heavy atom. The van der Waals surface area contributed by atoms with Gasteiger partial charge in [0.25, 0.3) is 0 Å². The fourth-order valence-electron chi connectivity index (χ4n) is 2.97. The van der Waals surface area contributed by atoms with Gasteiger partial charge >= 0.3 is 0 Å². The summed E-state index contributed by atoms with van der Waals surface area (Å²) in [6.07, 6.45) is 13.0. The third-order valence-electron chi connectivity index (χ3n) is 4.07. The Morgan fingerprint density at radius 3 is 2.67 bits per heavy atom. The molecule has 0 heteroatoms. The first-order chi connectivity index (χ1) is 7.07. The van der Waals surface area contributed by atoms with Crippen molar-refractivity contribution in [3.63, 3.8) is 0 Å². The second-order valence-electron chi connectivity index (χ2n) is 6.18. The predicted molar refractivity (Wildman–Crippen MR) is 66.8 cm³/mol. The first-order valence-electron chi connectivity index (χ1n) is 6.41. The molecule has 0 aromatic heterocycles. The van der Waals surface area contributed by atoms with E-state index in [1.165, 1.54) is 38.5 Å². The molecule has 2 aliphatic rings. The van der Waals surface area contributed by atoms with Crippen LogP contribution in [-0.2, 0) is 0 Å². The van der Waals surface area contributed by atoms with Gasteiger partial charge in [-0.3, -0.25) is 0 Å². The molecule has 2 aliphatic carbocycles. The summed E-state index contributed by atoms with van der Waals surface area (Å²) in [6.45, 7) is 7.11. The van der Waals surface area contributed by atoms with Gasteiger partial charge in [0, 0.05) is 0 Å². The molecule has 0 amide bonds. The van der Waals surface area contributed by atoms with Crippen LogP contribution in [0.25, 0.3) is 0 Å². The molecule has 15 heavy (non-hydrogen) atoms. The van der Waals surface area contributed by atoms with E-state index in [-0.39, 0.29) is 0 Å². The van der Waals surface area contributed by atoms with E-state index in [0.29, 0.717) is 5.41 Å². The van der Waals surface area contributed by atoms with Crippen LogP contribution in [0.1, 0.15) is 59.3 Å². The lowest BCUT2D eigenvalue weighted by atomic mass is 9.71. The van der Waals surface area contributed by atoms with Crippen LogP contribution < -0.4 is 0 Å². The van der Waals surface area contributed by atoms with E-state index in [1.54, 1.807) is 11.1 Å². The zero-order chi connectivity index (χ0) is 10.9. The van der Waals surface area contributed by atoms with Gasteiger partial charge in [-0.05, 0) is 56.8 Å². The molecule has 2 rings (SSSR count). The lowest BCUT2D eigenvalue weighted by Crippen LogP contribution is -2.20. The minimum absolute atomic E-state index is 0.556. The van der Waals surface area contributed by atoms with E-state index < -0.39 is 0 Å². The molecule has 1 atom stereocenters. The van der Waals surface area contributed by atoms with E-state index in [0.717, 1.165) is 5.92 Å². The summed E-state index contributed by atoms with van der Waals surface area (Å²) in [6, 6.07) is 0. The standard InChI is InChI=1S/C15H24/c1-12-6-8-13(9-7-12)14-5-4-10-15(2,3)11-14/h5-6,13H,4,7-11H2,1-3H3. The molecule has 0 aliphatic heterocycles. The van der Waals surface area contributed by atoms with Crippen molar-refractivity contribution < 1.29 is 0 Å². The minimum atomic E-state index is 0.556. The van der Waals surface area contributed by atoms with Crippen LogP contribution in [0.4, 0.5) is 0 Å². The van der Waals surface area contributed by atoms with Crippen LogP contribution in [0.3, 0.4) is 0 Å². The molecule has 0 heterocycles. The van der Waals surface area contributed by atoms with Crippen molar-refractivity contribution in [2.24, 2.45) is 11.3 Å². The van der Waals surface area contributed by atoms with E-state index in [2.05, 4.69) is 32.9 Å². The highest BCUT2D eigenvalue weighted by atomic mass is 14.3. The molecule has 0 aromatic carbocycles. The van der Waals surface area contributed by atoms with Crippen molar-refractivity contribution >= 4 is 0 Å². The lowest BCUT2D eigenvalue weighted by Gasteiger charge is -2.34. The van der Waals surface area contributed by atoms with Gasteiger partial charge in [0.15, 0.2) is 0 Å². The molecule has 0 spiro atoms. The van der Waals surface area contributed by atoms with Crippen molar-refractivity contribution in [1.29, 1.82) is 0 Å². The van der Waals surface area contributed by atoms with Gasteiger partial charge in [-0.2, -0.15) is 0 Å². The third-order valence-corrected chi connectivity index (χ3v) is 4.07. The van der Waals surface area contributed by atoms with E-state index in [1.807, 2.05) is 0 Å². The predicted octanol–water partition coefficient (Wildman–Crippen LogP) is 4.87. The quantitative estimate of drug-likeness (QED) is 0.535. The summed E-state index contributed by atoms with van der Waals surface area (Å²) in [7, 11) is 0. The smallest absolute Gasteiger partial charge is 0.0165 e. The van der Waals surface area contributed by atoms with Crippen LogP contribution in [0.5, 0.6) is 0 Å². The molecular weight excluding hydrogens is 180 g/mol. The zero-order valence-corrected chi connectivity index (χ0v) is 10.5. The van der Waals surface area contributed by atoms with Gasteiger partial charge in [-0.25, -0.2) is 0 Å². The molecule has 84 valence electrons. The maximum absolute atomic E-state index is 2.53. The normalized spacial score (nSPS) is 30.7. The zero-order valence-electron chi connectivity index (χ0n) is 10.5. The van der Waals surface area contributed by atoms with Crippen LogP contribution in [0.15, 0.2) is 23.3 Å². The molecule has 0 fully saturated rings. The molecule has 0 aromatic rings. The van der Waals surface area contributed by atoms with Gasteiger partial charge in [0.2, 0.25) is 0 Å². The van der Waals surface area contributed by atoms with Gasteiger partial charge in [0.05, 0.1) is 0 Å². The van der Waals surface area contributed by atoms with E-state index in [4.69, 9.17) is 0 Å². The van der Waals surface area contributed by atoms with Crippen molar-refractivity contribution in [1.82, 2.24) is 0 Å². The molecule has 0 radical (unpaired) electrons. The second-order valence-corrected chi connectivity index (χ2v) is 6.18. The summed E-state index contributed by atoms with van der Waals surface area (Å²) in [5.41, 5.74) is 3.91. The van der Waals surface area contributed by atoms with Gasteiger partial charge < -0.3 is 0 Å². The average molecular weight is 204 g/mol. The van der Waals surface area contributed by atoms with Crippen molar-refractivity contribution in [2.45, 2.75) is 59.3 Å². The topological polar surface area (TPSA) is 0 Å². The lowest BCUT2D eigenvalue weighted by molar-refractivity contribution is 0.300. The SMILES string of the molecule is CC1=CCC(C2=CCCC(C)(C)C2)CC1. The fourth-order valence-corrected chi connectivity index (χ4v) is 2.97. The van der Waals surface area contributed by atoms with Gasteiger partial charge in [0.1, 0.15) is 0 Å². The van der Waals surface area contributed by atoms with Gasteiger partial charge in [-0.15, -0.1) is 0 Å². The Labute approximate surface area is 94.5 Å². The molecule has 0 nitrogen and oxygen atoms in total. The molecule has 0 saturated heterocycles. The highest BCUT2D eigenvalue weighted by Gasteiger charge is 2.27. The number of hydrogen-bond acceptors (Lipinski definition) is 0. The molecule has 0 bridgehead atoms. The van der Waals surface area contributed by atoms with E-state index >= 15 is 0 Å². The summed E-state index contributed by atoms with van der Waals surface area (Å²) in [5, 5.41) is 0. The van der Waals surface area contributed by atoms with Crippen LogP contribution in [0, 0.1) is 11.3 Å². The van der Waals surface area contributed by atoms with E-state index in [9.17, 15) is 0 Å². The maximum atomic E-state index is 2.53. The number of allylic oxidation sites excluding steroid dienone is 4. The summed E-state index contributed by atoms with van der Waals surface area (Å²) in [4.78, 5) is 0. The number of hydrogen-bond donors (Lipinski definition) is 0. The highest BCUT2D eigenvalue weighted by molar-refractivity contribution is 5.17. The number of rotatable bonds is 1. The van der Waals surface area contributed by atoms with Crippen LogP contribution in [-0.4, -0.2) is 0 Å². The van der Waals surface area contributed by atoms with Crippen LogP contribution in [0.2, 0.25) is 0 Å². The summed E-state index contributed by atoms with van der Waals surface area (Å²) in [5.74, 6) is 0.869. The maximum Gasteiger partial charge on any atom is -0.0165 e. The van der Waals surface area contributed by atoms with Crippen LogP contribution >= 0.6 is 0 Å². The Bertz CT molecular complexity index is 291. The fraction of sp³-hybridized carbons (Fsp3) is 0.733. The Hall–Kier alpha value is -0.520. The van der Waals surface area contributed by atoms with Crippen molar-refractivity contribution in [3.05, 3.63) is 23.3 Å². The minimum Gasteiger partial charge on any atom is -0.0850 e. The Balaban J connectivity index is 2.03. The van der Waals surface area contributed by atoms with Crippen molar-refractivity contribution in [2.75, 3.05) is 0 Å². The molecular formula is C15H24. The third kappa shape index (κ3) is 2.74. The Kier molecular flexibility index (Phi) is 3.04. The summed E-state index contributed by atoms with van der Waals surface area (Å²) < 4.78 is 0. The first-order valence-corrected chi connectivity index (χ1v) is 6.41. The second kappa shape index (κ2) is 4.15. The highest BCUT2D eigenvalue weighted by Crippen LogP contribution is 2.41. The first kappa shape index (κ1) is 11.0. The Morgan fingerprint density at radius 1 is 1.27 bits per heavy atom. The molecule has 0 saturated carbocycles. The van der Waals surface area contributed by atoms with Gasteiger partial charge in [-0.1, -0.05) is 37.1 Å². The van der Waals surface area contributed by atoms with Crippen molar-refractivity contribution in [3.8, 4) is 0 Å². The largest absolute Gasteiger partial charge is 0.0850 e. The monoisotopic (exact) mass is 204 g/mol. The molecule has 1 unspecified atom stereocenters. The average Bonchev–Trinajstić information content (AvgIpc) is 2.17. The summed E-state index contributed by atoms with van der Waals surface area (Å²) >= 11 is 0. The molecule has 0 N–H and O–H groups in total.